The fourth-order valence-corrected chi connectivity index (χ4v) is 2.92. The molecule has 0 bridgehead atoms. The minimum atomic E-state index is -0.302. The Bertz CT molecular complexity index is 846. The van der Waals surface area contributed by atoms with E-state index in [2.05, 4.69) is 10.3 Å². The van der Waals surface area contributed by atoms with Gasteiger partial charge in [-0.1, -0.05) is 12.1 Å². The van der Waals surface area contributed by atoms with E-state index in [1.165, 1.54) is 12.4 Å². The van der Waals surface area contributed by atoms with Gasteiger partial charge >= 0.3 is 0 Å². The van der Waals surface area contributed by atoms with E-state index in [1.54, 1.807) is 23.0 Å². The lowest BCUT2D eigenvalue weighted by Crippen LogP contribution is -2.48. The summed E-state index contributed by atoms with van der Waals surface area (Å²) in [5, 5.41) is 2.82. The predicted octanol–water partition coefficient (Wildman–Crippen LogP) is 0.934. The van der Waals surface area contributed by atoms with Crippen LogP contribution in [0.15, 0.2) is 42.7 Å². The first-order chi connectivity index (χ1) is 13.6. The van der Waals surface area contributed by atoms with E-state index < -0.39 is 0 Å². The molecule has 8 nitrogen and oxygen atoms in total. The van der Waals surface area contributed by atoms with E-state index in [0.29, 0.717) is 43.9 Å². The van der Waals surface area contributed by atoms with Crippen LogP contribution >= 0.6 is 0 Å². The summed E-state index contributed by atoms with van der Waals surface area (Å²) in [5.74, 6) is 0.256. The topological polar surface area (TPSA) is 91.8 Å². The molecule has 1 aromatic carbocycles. The van der Waals surface area contributed by atoms with Crippen molar-refractivity contribution in [2.45, 2.75) is 6.54 Å². The molecule has 1 aromatic heterocycles. The molecule has 146 valence electrons. The largest absolute Gasteiger partial charge is 0.497 e. The zero-order valence-electron chi connectivity index (χ0n) is 15.6. The number of pyridine rings is 1. The van der Waals surface area contributed by atoms with Crippen molar-refractivity contribution in [3.63, 3.8) is 0 Å². The molecule has 1 aliphatic heterocycles. The fourth-order valence-electron chi connectivity index (χ4n) is 2.92. The molecular weight excluding hydrogens is 360 g/mol. The number of rotatable bonds is 6. The zero-order chi connectivity index (χ0) is 19.9. The second kappa shape index (κ2) is 8.98. The first-order valence-electron chi connectivity index (χ1n) is 8.95. The lowest BCUT2D eigenvalue weighted by atomic mass is 10.1. The van der Waals surface area contributed by atoms with Gasteiger partial charge in [0.2, 0.25) is 6.41 Å². The van der Waals surface area contributed by atoms with Gasteiger partial charge in [0.25, 0.3) is 11.8 Å². The molecule has 2 aromatic rings. The Hall–Kier alpha value is -3.42. The highest BCUT2D eigenvalue weighted by molar-refractivity contribution is 5.99. The van der Waals surface area contributed by atoms with Gasteiger partial charge in [-0.3, -0.25) is 19.4 Å². The predicted molar refractivity (Wildman–Crippen MR) is 102 cm³/mol. The number of benzene rings is 1. The molecule has 0 radical (unpaired) electrons. The molecule has 1 N–H and O–H groups in total. The third-order valence-corrected chi connectivity index (χ3v) is 4.61. The molecule has 0 spiro atoms. The van der Waals surface area contributed by atoms with E-state index in [0.717, 1.165) is 17.7 Å². The zero-order valence-corrected chi connectivity index (χ0v) is 15.6. The SMILES string of the molecule is COc1ccc(CNC(=O)c2cncc(C(=O)N3CCN(C=O)CC3)c2)cc1. The number of methoxy groups -OCH3 is 1. The van der Waals surface area contributed by atoms with Crippen molar-refractivity contribution in [2.75, 3.05) is 33.3 Å². The molecule has 3 rings (SSSR count). The number of hydrogen-bond donors (Lipinski definition) is 1. The average Bonchev–Trinajstić information content (AvgIpc) is 2.77. The van der Waals surface area contributed by atoms with Gasteiger partial charge in [-0.2, -0.15) is 0 Å². The molecule has 1 aliphatic rings. The van der Waals surface area contributed by atoms with Crippen molar-refractivity contribution >= 4 is 18.2 Å². The van der Waals surface area contributed by atoms with Crippen molar-refractivity contribution in [2.24, 2.45) is 0 Å². The lowest BCUT2D eigenvalue weighted by Gasteiger charge is -2.32. The molecule has 0 unspecified atom stereocenters. The summed E-state index contributed by atoms with van der Waals surface area (Å²) in [6.07, 6.45) is 3.68. The highest BCUT2D eigenvalue weighted by atomic mass is 16.5. The van der Waals surface area contributed by atoms with Crippen LogP contribution in [0.2, 0.25) is 0 Å². The van der Waals surface area contributed by atoms with E-state index in [9.17, 15) is 14.4 Å². The Labute approximate surface area is 163 Å². The number of hydrogen-bond acceptors (Lipinski definition) is 5. The quantitative estimate of drug-likeness (QED) is 0.751. The second-order valence-corrected chi connectivity index (χ2v) is 6.43. The molecule has 1 saturated heterocycles. The smallest absolute Gasteiger partial charge is 0.255 e. The summed E-state index contributed by atoms with van der Waals surface area (Å²) >= 11 is 0. The third-order valence-electron chi connectivity index (χ3n) is 4.61. The molecule has 28 heavy (non-hydrogen) atoms. The Balaban J connectivity index is 1.60. The number of carbonyl (C=O) groups is 3. The molecule has 0 aliphatic carbocycles. The number of nitrogens with one attached hydrogen (secondary N) is 1. The van der Waals surface area contributed by atoms with Crippen molar-refractivity contribution in [1.29, 1.82) is 0 Å². The standard InChI is InChI=1S/C20H22N4O4/c1-28-18-4-2-15(3-5-18)11-22-19(26)16-10-17(13-21-12-16)20(27)24-8-6-23(14-25)7-9-24/h2-5,10,12-14H,6-9,11H2,1H3,(H,22,26). The van der Waals surface area contributed by atoms with E-state index in [-0.39, 0.29) is 11.8 Å². The maximum absolute atomic E-state index is 12.6. The monoisotopic (exact) mass is 382 g/mol. The van der Waals surface area contributed by atoms with E-state index in [1.807, 2.05) is 24.3 Å². The summed E-state index contributed by atoms with van der Waals surface area (Å²) in [4.78, 5) is 43.2. The Morgan fingerprint density at radius 2 is 1.79 bits per heavy atom. The molecule has 1 fully saturated rings. The maximum Gasteiger partial charge on any atom is 0.255 e. The van der Waals surface area contributed by atoms with Crippen LogP contribution in [0.25, 0.3) is 0 Å². The Kier molecular flexibility index (Phi) is 6.21. The number of nitrogens with zero attached hydrogens (tertiary/aromatic N) is 3. The summed E-state index contributed by atoms with van der Waals surface area (Å²) < 4.78 is 5.11. The minimum Gasteiger partial charge on any atom is -0.497 e. The van der Waals surface area contributed by atoms with Crippen LogP contribution in [0, 0.1) is 0 Å². The van der Waals surface area contributed by atoms with Crippen LogP contribution < -0.4 is 10.1 Å². The fraction of sp³-hybridized carbons (Fsp3) is 0.300. The van der Waals surface area contributed by atoms with Gasteiger partial charge in [0, 0.05) is 45.1 Å². The van der Waals surface area contributed by atoms with Gasteiger partial charge < -0.3 is 19.9 Å². The van der Waals surface area contributed by atoms with Crippen molar-refractivity contribution in [1.82, 2.24) is 20.1 Å². The molecule has 3 amide bonds. The van der Waals surface area contributed by atoms with Crippen LogP contribution in [-0.4, -0.2) is 66.3 Å². The minimum absolute atomic E-state index is 0.192. The molecule has 8 heteroatoms. The highest BCUT2D eigenvalue weighted by Crippen LogP contribution is 2.12. The second-order valence-electron chi connectivity index (χ2n) is 6.43. The summed E-state index contributed by atoms with van der Waals surface area (Å²) in [7, 11) is 1.60. The Morgan fingerprint density at radius 3 is 2.43 bits per heavy atom. The normalized spacial score (nSPS) is 13.8. The van der Waals surface area contributed by atoms with Gasteiger partial charge in [-0.15, -0.1) is 0 Å². The first kappa shape index (κ1) is 19.3. The van der Waals surface area contributed by atoms with Crippen molar-refractivity contribution in [3.05, 3.63) is 59.4 Å². The van der Waals surface area contributed by atoms with Gasteiger partial charge in [0.05, 0.1) is 18.2 Å². The van der Waals surface area contributed by atoms with Gasteiger partial charge in [-0.25, -0.2) is 0 Å². The van der Waals surface area contributed by atoms with Crippen LogP contribution in [0.4, 0.5) is 0 Å². The number of aromatic nitrogens is 1. The lowest BCUT2D eigenvalue weighted by molar-refractivity contribution is -0.119. The highest BCUT2D eigenvalue weighted by Gasteiger charge is 2.22. The number of carbonyl (C=O) groups excluding carboxylic acids is 3. The average molecular weight is 382 g/mol. The first-order valence-corrected chi connectivity index (χ1v) is 8.95. The van der Waals surface area contributed by atoms with Crippen LogP contribution in [-0.2, 0) is 11.3 Å². The van der Waals surface area contributed by atoms with E-state index >= 15 is 0 Å². The number of amides is 3. The van der Waals surface area contributed by atoms with Gasteiger partial charge in [0.15, 0.2) is 0 Å². The molecular formula is C20H22N4O4. The van der Waals surface area contributed by atoms with Gasteiger partial charge in [-0.05, 0) is 23.8 Å². The third kappa shape index (κ3) is 4.64. The summed E-state index contributed by atoms with van der Waals surface area (Å²) in [6, 6.07) is 8.94. The summed E-state index contributed by atoms with van der Waals surface area (Å²) in [6.45, 7) is 2.29. The number of ether oxygens (including phenoxy) is 1. The van der Waals surface area contributed by atoms with Crippen molar-refractivity contribution < 1.29 is 19.1 Å². The Morgan fingerprint density at radius 1 is 1.11 bits per heavy atom. The van der Waals surface area contributed by atoms with Crippen LogP contribution in [0.5, 0.6) is 5.75 Å². The van der Waals surface area contributed by atoms with Crippen LogP contribution in [0.3, 0.4) is 0 Å². The molecule has 2 heterocycles. The van der Waals surface area contributed by atoms with E-state index in [4.69, 9.17) is 4.74 Å². The molecule has 0 atom stereocenters. The molecule has 0 saturated carbocycles. The summed E-state index contributed by atoms with van der Waals surface area (Å²) in [5.41, 5.74) is 1.62. The van der Waals surface area contributed by atoms with Crippen LogP contribution in [0.1, 0.15) is 26.3 Å². The maximum atomic E-state index is 12.6. The van der Waals surface area contributed by atoms with Gasteiger partial charge in [0.1, 0.15) is 5.75 Å². The van der Waals surface area contributed by atoms with Crippen molar-refractivity contribution in [3.8, 4) is 5.75 Å². The number of piperazine rings is 1.